The molecule has 4 heteroatoms. The number of nitrogens with zero attached hydrogens (tertiary/aromatic N) is 2. The molecule has 0 saturated carbocycles. The molecule has 0 heterocycles. The van der Waals surface area contributed by atoms with E-state index >= 15 is 0 Å². The fourth-order valence-electron chi connectivity index (χ4n) is 0.876. The molecule has 0 aliphatic heterocycles. The van der Waals surface area contributed by atoms with E-state index in [9.17, 15) is 4.79 Å². The van der Waals surface area contributed by atoms with E-state index in [1.54, 1.807) is 24.3 Å². The minimum absolute atomic E-state index is 0.579. The highest BCUT2D eigenvalue weighted by Gasteiger charge is 2.07. The van der Waals surface area contributed by atoms with Crippen molar-refractivity contribution < 1.29 is 4.79 Å². The summed E-state index contributed by atoms with van der Waals surface area (Å²) in [5.41, 5.74) is 0.634. The van der Waals surface area contributed by atoms with Gasteiger partial charge in [0.25, 0.3) is 0 Å². The number of carbonyl (C=O) groups excluding carboxylic acids is 1. The Morgan fingerprint density at radius 3 is 2.46 bits per heavy atom. The van der Waals surface area contributed by atoms with Crippen molar-refractivity contribution in [2.24, 2.45) is 4.99 Å². The Hall–Kier alpha value is -1.62. The van der Waals surface area contributed by atoms with Crippen LogP contribution >= 0.6 is 11.6 Å². The molecule has 1 aromatic carbocycles. The van der Waals surface area contributed by atoms with Gasteiger partial charge in [-0.1, -0.05) is 23.7 Å². The van der Waals surface area contributed by atoms with Crippen molar-refractivity contribution in [3.63, 3.8) is 0 Å². The van der Waals surface area contributed by atoms with Gasteiger partial charge in [-0.15, -0.1) is 0 Å². The Labute approximate surface area is 80.3 Å². The van der Waals surface area contributed by atoms with Crippen molar-refractivity contribution in [3.8, 4) is 6.07 Å². The van der Waals surface area contributed by atoms with Crippen LogP contribution in [0.4, 0.5) is 0 Å². The molecule has 0 spiro atoms. The first-order chi connectivity index (χ1) is 6.27. The number of halogens is 1. The number of nitriles is 1. The average molecular weight is 193 g/mol. The molecule has 0 N–H and O–H groups in total. The highest BCUT2D eigenvalue weighted by atomic mass is 35.5. The van der Waals surface area contributed by atoms with Gasteiger partial charge in [0.15, 0.2) is 6.04 Å². The van der Waals surface area contributed by atoms with Crippen LogP contribution in [-0.2, 0) is 4.79 Å². The maximum absolute atomic E-state index is 9.95. The quantitative estimate of drug-likeness (QED) is 0.533. The van der Waals surface area contributed by atoms with Crippen molar-refractivity contribution in [3.05, 3.63) is 34.9 Å². The lowest BCUT2D eigenvalue weighted by Crippen LogP contribution is -1.90. The molecular weight excluding hydrogens is 188 g/mol. The zero-order valence-corrected chi connectivity index (χ0v) is 7.32. The number of benzene rings is 1. The summed E-state index contributed by atoms with van der Waals surface area (Å²) in [6.45, 7) is 0. The SMILES string of the molecule is N#CC(N=C=O)c1ccc(Cl)cc1. The van der Waals surface area contributed by atoms with Crippen LogP contribution in [0.15, 0.2) is 29.3 Å². The molecule has 0 aliphatic carbocycles. The molecular formula is C9H5ClN2O. The lowest BCUT2D eigenvalue weighted by Gasteiger charge is -2.00. The van der Waals surface area contributed by atoms with E-state index in [1.165, 1.54) is 6.08 Å². The minimum atomic E-state index is -0.783. The monoisotopic (exact) mass is 192 g/mol. The number of rotatable bonds is 2. The summed E-state index contributed by atoms with van der Waals surface area (Å²) in [6, 6.07) is 7.66. The molecule has 0 saturated heterocycles. The molecule has 0 fully saturated rings. The maximum atomic E-state index is 9.95. The number of aliphatic imine (C=N–C) groups is 1. The van der Waals surface area contributed by atoms with Gasteiger partial charge in [-0.2, -0.15) is 10.3 Å². The van der Waals surface area contributed by atoms with Crippen molar-refractivity contribution in [1.82, 2.24) is 0 Å². The third-order valence-electron chi connectivity index (χ3n) is 1.49. The van der Waals surface area contributed by atoms with Crippen LogP contribution in [-0.4, -0.2) is 6.08 Å². The molecule has 0 radical (unpaired) electrons. The van der Waals surface area contributed by atoms with Gasteiger partial charge in [0.05, 0.1) is 6.07 Å². The van der Waals surface area contributed by atoms with Gasteiger partial charge >= 0.3 is 0 Å². The third-order valence-corrected chi connectivity index (χ3v) is 1.74. The van der Waals surface area contributed by atoms with E-state index in [0.717, 1.165) is 0 Å². The summed E-state index contributed by atoms with van der Waals surface area (Å²) >= 11 is 5.65. The normalized spacial score (nSPS) is 11.1. The van der Waals surface area contributed by atoms with E-state index < -0.39 is 6.04 Å². The Balaban J connectivity index is 3.00. The van der Waals surface area contributed by atoms with E-state index in [1.807, 2.05) is 6.07 Å². The first-order valence-electron chi connectivity index (χ1n) is 3.50. The van der Waals surface area contributed by atoms with Gasteiger partial charge in [0.1, 0.15) is 0 Å². The number of isocyanates is 1. The summed E-state index contributed by atoms with van der Waals surface area (Å²) in [5, 5.41) is 9.20. The highest BCUT2D eigenvalue weighted by Crippen LogP contribution is 2.18. The van der Waals surface area contributed by atoms with Crippen molar-refractivity contribution in [2.75, 3.05) is 0 Å². The zero-order chi connectivity index (χ0) is 9.68. The van der Waals surface area contributed by atoms with Crippen LogP contribution in [0.2, 0.25) is 5.02 Å². The second kappa shape index (κ2) is 4.42. The number of hydrogen-bond acceptors (Lipinski definition) is 3. The largest absolute Gasteiger partial charge is 0.236 e. The van der Waals surface area contributed by atoms with Crippen molar-refractivity contribution in [1.29, 1.82) is 5.26 Å². The van der Waals surface area contributed by atoms with Gasteiger partial charge in [-0.25, -0.2) is 4.79 Å². The molecule has 13 heavy (non-hydrogen) atoms. The summed E-state index contributed by atoms with van der Waals surface area (Å²) in [7, 11) is 0. The van der Waals surface area contributed by atoms with Crippen molar-refractivity contribution >= 4 is 17.7 Å². The molecule has 1 aromatic rings. The van der Waals surface area contributed by atoms with Gasteiger partial charge < -0.3 is 0 Å². The number of hydrogen-bond donors (Lipinski definition) is 0. The van der Waals surface area contributed by atoms with Crippen LogP contribution in [0.5, 0.6) is 0 Å². The van der Waals surface area contributed by atoms with Gasteiger partial charge in [-0.05, 0) is 17.7 Å². The molecule has 0 bridgehead atoms. The standard InChI is InChI=1S/C9H5ClN2O/c10-8-3-1-7(2-4-8)9(5-11)12-6-13/h1-4,9H. The fraction of sp³-hybridized carbons (Fsp3) is 0.111. The molecule has 0 aliphatic rings. The molecule has 1 rings (SSSR count). The van der Waals surface area contributed by atoms with E-state index in [2.05, 4.69) is 4.99 Å². The Morgan fingerprint density at radius 1 is 1.38 bits per heavy atom. The predicted octanol–water partition coefficient (Wildman–Crippen LogP) is 2.24. The molecule has 1 unspecified atom stereocenters. The van der Waals surface area contributed by atoms with Crippen LogP contribution in [0.3, 0.4) is 0 Å². The lowest BCUT2D eigenvalue weighted by atomic mass is 10.1. The molecule has 3 nitrogen and oxygen atoms in total. The first kappa shape index (κ1) is 9.47. The summed E-state index contributed by atoms with van der Waals surface area (Å²) in [6.07, 6.45) is 1.35. The third kappa shape index (κ3) is 2.41. The summed E-state index contributed by atoms with van der Waals surface area (Å²) in [4.78, 5) is 13.3. The van der Waals surface area contributed by atoms with Gasteiger partial charge in [-0.3, -0.25) is 0 Å². The smallest absolute Gasteiger partial charge is 0.211 e. The average Bonchev–Trinajstić information content (AvgIpc) is 2.16. The second-order valence-corrected chi connectivity index (χ2v) is 2.74. The molecule has 1 atom stereocenters. The zero-order valence-electron chi connectivity index (χ0n) is 6.57. The van der Waals surface area contributed by atoms with Crippen LogP contribution in [0.1, 0.15) is 11.6 Å². The lowest BCUT2D eigenvalue weighted by molar-refractivity contribution is 0.561. The fourth-order valence-corrected chi connectivity index (χ4v) is 1.00. The summed E-state index contributed by atoms with van der Waals surface area (Å²) in [5.74, 6) is 0. The van der Waals surface area contributed by atoms with Crippen LogP contribution in [0.25, 0.3) is 0 Å². The van der Waals surface area contributed by atoms with Crippen molar-refractivity contribution in [2.45, 2.75) is 6.04 Å². The van der Waals surface area contributed by atoms with E-state index in [0.29, 0.717) is 10.6 Å². The molecule has 64 valence electrons. The summed E-state index contributed by atoms with van der Waals surface area (Å²) < 4.78 is 0. The second-order valence-electron chi connectivity index (χ2n) is 2.30. The highest BCUT2D eigenvalue weighted by molar-refractivity contribution is 6.30. The topological polar surface area (TPSA) is 53.2 Å². The van der Waals surface area contributed by atoms with Crippen LogP contribution < -0.4 is 0 Å². The molecule has 0 aromatic heterocycles. The van der Waals surface area contributed by atoms with E-state index in [4.69, 9.17) is 16.9 Å². The predicted molar refractivity (Wildman–Crippen MR) is 47.9 cm³/mol. The maximum Gasteiger partial charge on any atom is 0.236 e. The first-order valence-corrected chi connectivity index (χ1v) is 3.88. The molecule has 0 amide bonds. The Bertz CT molecular complexity index is 374. The van der Waals surface area contributed by atoms with Crippen LogP contribution in [0, 0.1) is 11.3 Å². The van der Waals surface area contributed by atoms with Gasteiger partial charge in [0.2, 0.25) is 6.08 Å². The Kier molecular flexibility index (Phi) is 3.22. The van der Waals surface area contributed by atoms with Gasteiger partial charge in [0, 0.05) is 5.02 Å². The Morgan fingerprint density at radius 2 is 2.00 bits per heavy atom. The minimum Gasteiger partial charge on any atom is -0.211 e. The van der Waals surface area contributed by atoms with E-state index in [-0.39, 0.29) is 0 Å².